The number of anilines is 1. The molecule has 0 saturated heterocycles. The number of nitrogens with zero attached hydrogens (tertiary/aromatic N) is 2. The molecule has 2 rings (SSSR count). The lowest BCUT2D eigenvalue weighted by molar-refractivity contribution is 0.0705. The number of carbonyl (C=O) groups excluding carboxylic acids is 1. The van der Waals surface area contributed by atoms with Crippen LogP contribution in [0.15, 0.2) is 12.3 Å². The van der Waals surface area contributed by atoms with Gasteiger partial charge in [0, 0.05) is 19.3 Å². The zero-order chi connectivity index (χ0) is 15.4. The number of hydrogen-bond acceptors (Lipinski definition) is 4. The Morgan fingerprint density at radius 2 is 2.14 bits per heavy atom. The molecule has 1 atom stereocenters. The van der Waals surface area contributed by atoms with Crippen molar-refractivity contribution < 1.29 is 14.4 Å². The lowest BCUT2D eigenvalue weighted by atomic mass is 9.84. The van der Waals surface area contributed by atoms with Crippen molar-refractivity contribution in [3.63, 3.8) is 0 Å². The highest BCUT2D eigenvalue weighted by Crippen LogP contribution is 2.30. The van der Waals surface area contributed by atoms with E-state index in [2.05, 4.69) is 11.9 Å². The molecule has 0 unspecified atom stereocenters. The largest absolute Gasteiger partial charge is 0.354 e. The molecular formula is C15H22FN3O2. The van der Waals surface area contributed by atoms with E-state index in [1.54, 1.807) is 0 Å². The van der Waals surface area contributed by atoms with Crippen LogP contribution in [0.2, 0.25) is 0 Å². The van der Waals surface area contributed by atoms with Crippen molar-refractivity contribution in [3.8, 4) is 0 Å². The summed E-state index contributed by atoms with van der Waals surface area (Å²) < 4.78 is 14.2. The topological polar surface area (TPSA) is 65.5 Å². The van der Waals surface area contributed by atoms with Crippen LogP contribution in [0.3, 0.4) is 0 Å². The summed E-state index contributed by atoms with van der Waals surface area (Å²) in [6.07, 6.45) is 7.34. The molecule has 5 nitrogen and oxygen atoms in total. The van der Waals surface area contributed by atoms with Crippen molar-refractivity contribution in [2.75, 3.05) is 11.9 Å². The Morgan fingerprint density at radius 1 is 1.48 bits per heavy atom. The maximum atomic E-state index is 14.2. The van der Waals surface area contributed by atoms with E-state index in [0.717, 1.165) is 18.9 Å². The summed E-state index contributed by atoms with van der Waals surface area (Å²) in [5, 5.41) is 8.56. The molecule has 2 N–H and O–H groups in total. The second-order valence-corrected chi connectivity index (χ2v) is 5.72. The van der Waals surface area contributed by atoms with Gasteiger partial charge in [-0.3, -0.25) is 10.0 Å². The molecule has 1 aliphatic carbocycles. The van der Waals surface area contributed by atoms with Gasteiger partial charge < -0.3 is 4.90 Å². The summed E-state index contributed by atoms with van der Waals surface area (Å²) in [4.78, 5) is 17.1. The van der Waals surface area contributed by atoms with E-state index < -0.39 is 11.7 Å². The van der Waals surface area contributed by atoms with Crippen LogP contribution < -0.4 is 10.4 Å². The minimum absolute atomic E-state index is 0.00234. The highest BCUT2D eigenvalue weighted by atomic mass is 19.1. The number of amides is 1. The molecule has 1 aliphatic rings. The van der Waals surface area contributed by atoms with Crippen molar-refractivity contribution in [2.24, 2.45) is 5.92 Å². The Bertz CT molecular complexity index is 504. The van der Waals surface area contributed by atoms with E-state index in [1.165, 1.54) is 30.9 Å². The maximum Gasteiger partial charge on any atom is 0.276 e. The number of aromatic nitrogens is 1. The number of pyridine rings is 1. The van der Waals surface area contributed by atoms with Crippen LogP contribution in [0.5, 0.6) is 0 Å². The first-order valence-electron chi connectivity index (χ1n) is 7.37. The summed E-state index contributed by atoms with van der Waals surface area (Å²) in [6, 6.07) is 1.29. The average Bonchev–Trinajstić information content (AvgIpc) is 2.53. The Balaban J connectivity index is 2.14. The van der Waals surface area contributed by atoms with Crippen LogP contribution in [-0.2, 0) is 0 Å². The molecule has 0 spiro atoms. The monoisotopic (exact) mass is 295 g/mol. The van der Waals surface area contributed by atoms with E-state index in [4.69, 9.17) is 5.21 Å². The molecule has 1 saturated carbocycles. The van der Waals surface area contributed by atoms with Crippen LogP contribution >= 0.6 is 0 Å². The van der Waals surface area contributed by atoms with Gasteiger partial charge >= 0.3 is 0 Å². The third kappa shape index (κ3) is 3.50. The first kappa shape index (κ1) is 15.7. The van der Waals surface area contributed by atoms with Gasteiger partial charge in [-0.15, -0.1) is 0 Å². The zero-order valence-electron chi connectivity index (χ0n) is 12.5. The van der Waals surface area contributed by atoms with Gasteiger partial charge in [0.05, 0.1) is 5.56 Å². The predicted octanol–water partition coefficient (Wildman–Crippen LogP) is 2.74. The van der Waals surface area contributed by atoms with Gasteiger partial charge in [0.15, 0.2) is 11.6 Å². The first-order chi connectivity index (χ1) is 10.0. The summed E-state index contributed by atoms with van der Waals surface area (Å²) in [7, 11) is 1.83. The van der Waals surface area contributed by atoms with Crippen molar-refractivity contribution >= 4 is 11.7 Å². The fourth-order valence-corrected chi connectivity index (χ4v) is 3.00. The van der Waals surface area contributed by atoms with Crippen LogP contribution in [0.25, 0.3) is 0 Å². The van der Waals surface area contributed by atoms with E-state index >= 15 is 0 Å². The normalized spacial score (nSPS) is 17.3. The van der Waals surface area contributed by atoms with E-state index in [1.807, 2.05) is 11.9 Å². The SMILES string of the molecule is C[C@H](C1CCCCC1)N(C)c1ncc(C(=O)NO)cc1F. The second kappa shape index (κ2) is 6.85. The number of halogens is 1. The minimum atomic E-state index is -0.768. The molecule has 0 aliphatic heterocycles. The third-order valence-corrected chi connectivity index (χ3v) is 4.46. The number of carbonyl (C=O) groups is 1. The molecular weight excluding hydrogens is 273 g/mol. The number of nitrogens with one attached hydrogen (secondary N) is 1. The Labute approximate surface area is 124 Å². The van der Waals surface area contributed by atoms with Gasteiger partial charge in [0.1, 0.15) is 0 Å². The Hall–Kier alpha value is -1.69. The maximum absolute atomic E-state index is 14.2. The average molecular weight is 295 g/mol. The molecule has 0 aromatic carbocycles. The molecule has 1 aromatic rings. The predicted molar refractivity (Wildman–Crippen MR) is 77.9 cm³/mol. The molecule has 1 heterocycles. The van der Waals surface area contributed by atoms with Crippen LogP contribution in [0, 0.1) is 11.7 Å². The molecule has 116 valence electrons. The smallest absolute Gasteiger partial charge is 0.276 e. The number of rotatable bonds is 4. The highest BCUT2D eigenvalue weighted by Gasteiger charge is 2.25. The lowest BCUT2D eigenvalue weighted by Gasteiger charge is -2.35. The summed E-state index contributed by atoms with van der Waals surface area (Å²) >= 11 is 0. The quantitative estimate of drug-likeness (QED) is 0.662. The first-order valence-corrected chi connectivity index (χ1v) is 7.37. The van der Waals surface area contributed by atoms with Gasteiger partial charge in [-0.1, -0.05) is 19.3 Å². The molecule has 1 fully saturated rings. The summed E-state index contributed by atoms with van der Waals surface area (Å²) in [6.45, 7) is 2.09. The number of hydroxylamine groups is 1. The Kier molecular flexibility index (Phi) is 5.12. The zero-order valence-corrected chi connectivity index (χ0v) is 12.5. The van der Waals surface area contributed by atoms with Crippen LogP contribution in [0.1, 0.15) is 49.4 Å². The standard InChI is InChI=1S/C15H22FN3O2/c1-10(11-6-4-3-5-7-11)19(2)14-13(16)8-12(9-17-14)15(20)18-21/h8-11,21H,3-7H2,1-2H3,(H,18,20)/t10-/m1/s1. The number of hydrogen-bond donors (Lipinski definition) is 2. The molecule has 0 bridgehead atoms. The van der Waals surface area contributed by atoms with Gasteiger partial charge in [-0.25, -0.2) is 14.9 Å². The molecule has 1 amide bonds. The summed E-state index contributed by atoms with van der Waals surface area (Å²) in [5.41, 5.74) is 1.47. The van der Waals surface area contributed by atoms with Crippen LogP contribution in [0.4, 0.5) is 10.2 Å². The van der Waals surface area contributed by atoms with E-state index in [9.17, 15) is 9.18 Å². The lowest BCUT2D eigenvalue weighted by Crippen LogP contribution is -2.37. The molecule has 6 heteroatoms. The van der Waals surface area contributed by atoms with Crippen molar-refractivity contribution in [2.45, 2.75) is 45.1 Å². The Morgan fingerprint density at radius 3 is 2.71 bits per heavy atom. The van der Waals surface area contributed by atoms with Gasteiger partial charge in [-0.05, 0) is 31.7 Å². The van der Waals surface area contributed by atoms with Crippen molar-refractivity contribution in [1.82, 2.24) is 10.5 Å². The van der Waals surface area contributed by atoms with E-state index in [0.29, 0.717) is 5.92 Å². The van der Waals surface area contributed by atoms with Gasteiger partial charge in [0.25, 0.3) is 5.91 Å². The minimum Gasteiger partial charge on any atom is -0.354 e. The highest BCUT2D eigenvalue weighted by molar-refractivity contribution is 5.93. The fraction of sp³-hybridized carbons (Fsp3) is 0.600. The van der Waals surface area contributed by atoms with Crippen molar-refractivity contribution in [1.29, 1.82) is 0 Å². The second-order valence-electron chi connectivity index (χ2n) is 5.72. The molecule has 21 heavy (non-hydrogen) atoms. The molecule has 0 radical (unpaired) electrons. The molecule has 1 aromatic heterocycles. The third-order valence-electron chi connectivity index (χ3n) is 4.46. The summed E-state index contributed by atoms with van der Waals surface area (Å²) in [5.74, 6) is -0.537. The van der Waals surface area contributed by atoms with Crippen molar-refractivity contribution in [3.05, 3.63) is 23.6 Å². The van der Waals surface area contributed by atoms with Gasteiger partial charge in [-0.2, -0.15) is 0 Å². The van der Waals surface area contributed by atoms with E-state index in [-0.39, 0.29) is 17.4 Å². The fourth-order valence-electron chi connectivity index (χ4n) is 3.00. The van der Waals surface area contributed by atoms with Gasteiger partial charge in [0.2, 0.25) is 0 Å². The van der Waals surface area contributed by atoms with Crippen LogP contribution in [-0.4, -0.2) is 29.2 Å².